The van der Waals surface area contributed by atoms with Crippen LogP contribution in [0.4, 0.5) is 0 Å². The van der Waals surface area contributed by atoms with Crippen LogP contribution in [-0.2, 0) is 0 Å². The number of carbonyl (C=O) groups excluding carboxylic acids is 1. The second kappa shape index (κ2) is 6.35. The first kappa shape index (κ1) is 14.2. The Balaban J connectivity index is 1.61. The van der Waals surface area contributed by atoms with Gasteiger partial charge in [0.25, 0.3) is 5.91 Å². The SMILES string of the molecule is Cc1nnc(C(=O)NCC2CCCC2c2ccccc2)s1. The van der Waals surface area contributed by atoms with Crippen LogP contribution < -0.4 is 5.32 Å². The lowest BCUT2D eigenvalue weighted by Gasteiger charge is -2.20. The van der Waals surface area contributed by atoms with E-state index in [-0.39, 0.29) is 5.91 Å². The average molecular weight is 301 g/mol. The van der Waals surface area contributed by atoms with Gasteiger partial charge in [-0.05, 0) is 37.2 Å². The van der Waals surface area contributed by atoms with E-state index in [1.165, 1.54) is 36.2 Å². The lowest BCUT2D eigenvalue weighted by Crippen LogP contribution is -2.30. The van der Waals surface area contributed by atoms with Crippen molar-refractivity contribution in [1.82, 2.24) is 15.5 Å². The number of aromatic nitrogens is 2. The third-order valence-corrected chi connectivity index (χ3v) is 4.97. The average Bonchev–Trinajstić information content (AvgIpc) is 3.14. The van der Waals surface area contributed by atoms with E-state index < -0.39 is 0 Å². The maximum absolute atomic E-state index is 12.1. The predicted molar refractivity (Wildman–Crippen MR) is 83.5 cm³/mol. The summed E-state index contributed by atoms with van der Waals surface area (Å²) in [6.45, 7) is 2.58. The highest BCUT2D eigenvalue weighted by molar-refractivity contribution is 7.13. The lowest BCUT2D eigenvalue weighted by atomic mass is 9.89. The molecule has 1 aromatic carbocycles. The first-order chi connectivity index (χ1) is 10.2. The highest BCUT2D eigenvalue weighted by atomic mass is 32.1. The number of amides is 1. The van der Waals surface area contributed by atoms with Gasteiger partial charge in [-0.15, -0.1) is 10.2 Å². The molecule has 21 heavy (non-hydrogen) atoms. The molecule has 3 rings (SSSR count). The molecular formula is C16H19N3OS. The molecule has 0 saturated heterocycles. The molecular weight excluding hydrogens is 282 g/mol. The second-order valence-electron chi connectivity index (χ2n) is 5.54. The van der Waals surface area contributed by atoms with Crippen LogP contribution >= 0.6 is 11.3 Å². The summed E-state index contributed by atoms with van der Waals surface area (Å²) < 4.78 is 0. The van der Waals surface area contributed by atoms with E-state index in [0.717, 1.165) is 11.6 Å². The number of carbonyl (C=O) groups is 1. The topological polar surface area (TPSA) is 54.9 Å². The maximum Gasteiger partial charge on any atom is 0.282 e. The molecule has 5 heteroatoms. The fourth-order valence-electron chi connectivity index (χ4n) is 3.11. The van der Waals surface area contributed by atoms with Gasteiger partial charge in [0.15, 0.2) is 0 Å². The summed E-state index contributed by atoms with van der Waals surface area (Å²) in [5, 5.41) is 12.1. The third-order valence-electron chi connectivity index (χ3n) is 4.13. The van der Waals surface area contributed by atoms with Crippen LogP contribution in [0.3, 0.4) is 0 Å². The van der Waals surface area contributed by atoms with E-state index in [4.69, 9.17) is 0 Å². The highest BCUT2D eigenvalue weighted by Gasteiger charge is 2.28. The van der Waals surface area contributed by atoms with Crippen molar-refractivity contribution in [2.24, 2.45) is 5.92 Å². The zero-order chi connectivity index (χ0) is 14.7. The molecule has 1 aliphatic rings. The molecule has 0 radical (unpaired) electrons. The second-order valence-corrected chi connectivity index (χ2v) is 6.73. The Bertz CT molecular complexity index is 611. The Labute approximate surface area is 128 Å². The molecule has 4 nitrogen and oxygen atoms in total. The van der Waals surface area contributed by atoms with Gasteiger partial charge >= 0.3 is 0 Å². The summed E-state index contributed by atoms with van der Waals surface area (Å²) in [5.41, 5.74) is 1.39. The highest BCUT2D eigenvalue weighted by Crippen LogP contribution is 2.39. The van der Waals surface area contributed by atoms with Gasteiger partial charge in [0.05, 0.1) is 0 Å². The molecule has 1 amide bonds. The Morgan fingerprint density at radius 3 is 2.81 bits per heavy atom. The van der Waals surface area contributed by atoms with Crippen molar-refractivity contribution in [3.63, 3.8) is 0 Å². The van der Waals surface area contributed by atoms with Crippen molar-refractivity contribution in [1.29, 1.82) is 0 Å². The standard InChI is InChI=1S/C16H19N3OS/c1-11-18-19-16(21-11)15(20)17-10-13-8-5-9-14(13)12-6-3-2-4-7-12/h2-4,6-7,13-14H,5,8-10H2,1H3,(H,17,20). The van der Waals surface area contributed by atoms with E-state index >= 15 is 0 Å². The molecule has 2 unspecified atom stereocenters. The van der Waals surface area contributed by atoms with Gasteiger partial charge < -0.3 is 5.32 Å². The fraction of sp³-hybridized carbons (Fsp3) is 0.438. The summed E-state index contributed by atoms with van der Waals surface area (Å²) >= 11 is 1.34. The molecule has 1 aliphatic carbocycles. The summed E-state index contributed by atoms with van der Waals surface area (Å²) in [6, 6.07) is 10.6. The monoisotopic (exact) mass is 301 g/mol. The van der Waals surface area contributed by atoms with Crippen LogP contribution in [0, 0.1) is 12.8 Å². The minimum atomic E-state index is -0.0979. The van der Waals surface area contributed by atoms with Gasteiger partial charge in [-0.25, -0.2) is 0 Å². The van der Waals surface area contributed by atoms with Crippen molar-refractivity contribution in [3.8, 4) is 0 Å². The fourth-order valence-corrected chi connectivity index (χ4v) is 3.72. The smallest absolute Gasteiger partial charge is 0.282 e. The van der Waals surface area contributed by atoms with Crippen LogP contribution in [0.15, 0.2) is 30.3 Å². The van der Waals surface area contributed by atoms with Gasteiger partial charge in [0.1, 0.15) is 5.01 Å². The van der Waals surface area contributed by atoms with E-state index in [0.29, 0.717) is 16.8 Å². The molecule has 0 bridgehead atoms. The van der Waals surface area contributed by atoms with Crippen LogP contribution in [0.1, 0.15) is 45.6 Å². The summed E-state index contributed by atoms with van der Waals surface area (Å²) in [4.78, 5) is 12.1. The number of nitrogens with one attached hydrogen (secondary N) is 1. The number of benzene rings is 1. The minimum absolute atomic E-state index is 0.0979. The molecule has 0 aliphatic heterocycles. The molecule has 1 saturated carbocycles. The normalized spacial score (nSPS) is 21.4. The Morgan fingerprint density at radius 2 is 2.10 bits per heavy atom. The van der Waals surface area contributed by atoms with E-state index in [1.807, 2.05) is 13.0 Å². The molecule has 110 valence electrons. The summed E-state index contributed by atoms with van der Waals surface area (Å²) in [7, 11) is 0. The Hall–Kier alpha value is -1.75. The summed E-state index contributed by atoms with van der Waals surface area (Å²) in [6.07, 6.45) is 3.62. The van der Waals surface area contributed by atoms with Gasteiger partial charge in [0.2, 0.25) is 5.01 Å². The van der Waals surface area contributed by atoms with Crippen molar-refractivity contribution in [2.75, 3.05) is 6.54 Å². The molecule has 2 aromatic rings. The number of rotatable bonds is 4. The number of nitrogens with zero attached hydrogens (tertiary/aromatic N) is 2. The van der Waals surface area contributed by atoms with Crippen LogP contribution in [0.5, 0.6) is 0 Å². The Morgan fingerprint density at radius 1 is 1.29 bits per heavy atom. The quantitative estimate of drug-likeness (QED) is 0.943. The van der Waals surface area contributed by atoms with Gasteiger partial charge in [0, 0.05) is 6.54 Å². The van der Waals surface area contributed by atoms with E-state index in [9.17, 15) is 4.79 Å². The van der Waals surface area contributed by atoms with Crippen LogP contribution in [-0.4, -0.2) is 22.6 Å². The predicted octanol–water partition coefficient (Wildman–Crippen LogP) is 3.16. The first-order valence-corrected chi connectivity index (χ1v) is 8.19. The first-order valence-electron chi connectivity index (χ1n) is 7.37. The van der Waals surface area contributed by atoms with Gasteiger partial charge in [-0.1, -0.05) is 48.1 Å². The molecule has 1 N–H and O–H groups in total. The van der Waals surface area contributed by atoms with Crippen LogP contribution in [0.25, 0.3) is 0 Å². The number of hydrogen-bond acceptors (Lipinski definition) is 4. The van der Waals surface area contributed by atoms with Crippen molar-refractivity contribution in [2.45, 2.75) is 32.1 Å². The van der Waals surface area contributed by atoms with E-state index in [1.54, 1.807) is 0 Å². The lowest BCUT2D eigenvalue weighted by molar-refractivity contribution is 0.0945. The summed E-state index contributed by atoms with van der Waals surface area (Å²) in [5.74, 6) is 0.979. The molecule has 1 heterocycles. The number of aryl methyl sites for hydroxylation is 1. The molecule has 0 spiro atoms. The molecule has 2 atom stereocenters. The third kappa shape index (κ3) is 3.29. The largest absolute Gasteiger partial charge is 0.350 e. The van der Waals surface area contributed by atoms with Crippen molar-refractivity contribution in [3.05, 3.63) is 45.9 Å². The van der Waals surface area contributed by atoms with Crippen LogP contribution in [0.2, 0.25) is 0 Å². The minimum Gasteiger partial charge on any atom is -0.350 e. The zero-order valence-electron chi connectivity index (χ0n) is 12.1. The van der Waals surface area contributed by atoms with Gasteiger partial charge in [-0.3, -0.25) is 4.79 Å². The van der Waals surface area contributed by atoms with E-state index in [2.05, 4.69) is 39.8 Å². The van der Waals surface area contributed by atoms with Crippen molar-refractivity contribution >= 4 is 17.2 Å². The zero-order valence-corrected chi connectivity index (χ0v) is 12.9. The Kier molecular flexibility index (Phi) is 4.29. The maximum atomic E-state index is 12.1. The molecule has 1 aromatic heterocycles. The molecule has 1 fully saturated rings. The van der Waals surface area contributed by atoms with Gasteiger partial charge in [-0.2, -0.15) is 0 Å². The van der Waals surface area contributed by atoms with Crippen molar-refractivity contribution < 1.29 is 4.79 Å². The number of hydrogen-bond donors (Lipinski definition) is 1.